The molecule has 1 saturated carbocycles. The fraction of sp³-hybridized carbons (Fsp3) is 0.917. The Morgan fingerprint density at radius 1 is 1.27 bits per heavy atom. The van der Waals surface area contributed by atoms with E-state index in [2.05, 4.69) is 11.0 Å². The highest BCUT2D eigenvalue weighted by Gasteiger charge is 2.20. The predicted octanol–water partition coefficient (Wildman–Crippen LogP) is 2.18. The fourth-order valence-corrected chi connectivity index (χ4v) is 2.33. The first kappa shape index (κ1) is 12.5. The van der Waals surface area contributed by atoms with E-state index >= 15 is 0 Å². The second-order valence-corrected chi connectivity index (χ2v) is 4.23. The summed E-state index contributed by atoms with van der Waals surface area (Å²) in [7, 11) is 1.74. The monoisotopic (exact) mass is 210 g/mol. The molecule has 3 heteroatoms. The maximum absolute atomic E-state index is 8.63. The van der Waals surface area contributed by atoms with Crippen molar-refractivity contribution in [1.82, 2.24) is 4.90 Å². The summed E-state index contributed by atoms with van der Waals surface area (Å²) in [6.07, 6.45) is 7.32. The highest BCUT2D eigenvalue weighted by molar-refractivity contribution is 4.79. The number of ether oxygens (including phenoxy) is 1. The summed E-state index contributed by atoms with van der Waals surface area (Å²) >= 11 is 0. The van der Waals surface area contributed by atoms with Crippen molar-refractivity contribution in [3.05, 3.63) is 0 Å². The maximum atomic E-state index is 8.63. The van der Waals surface area contributed by atoms with Crippen LogP contribution in [0.5, 0.6) is 0 Å². The van der Waals surface area contributed by atoms with E-state index in [-0.39, 0.29) is 0 Å². The summed E-state index contributed by atoms with van der Waals surface area (Å²) in [4.78, 5) is 2.44. The second-order valence-electron chi connectivity index (χ2n) is 4.23. The number of hydrogen-bond acceptors (Lipinski definition) is 3. The number of hydrogen-bond donors (Lipinski definition) is 0. The molecule has 0 radical (unpaired) electrons. The molecule has 0 atom stereocenters. The van der Waals surface area contributed by atoms with Crippen LogP contribution >= 0.6 is 0 Å². The molecule has 0 aromatic carbocycles. The van der Waals surface area contributed by atoms with Crippen LogP contribution in [0.1, 0.15) is 38.5 Å². The van der Waals surface area contributed by atoms with Crippen molar-refractivity contribution in [1.29, 1.82) is 5.26 Å². The van der Waals surface area contributed by atoms with Crippen molar-refractivity contribution in [2.75, 3.05) is 26.8 Å². The Morgan fingerprint density at radius 2 is 2.00 bits per heavy atom. The first-order valence-electron chi connectivity index (χ1n) is 5.98. The van der Waals surface area contributed by atoms with Crippen molar-refractivity contribution < 1.29 is 4.74 Å². The number of rotatable bonds is 6. The van der Waals surface area contributed by atoms with Gasteiger partial charge in [-0.1, -0.05) is 19.3 Å². The Bertz CT molecular complexity index is 194. The minimum Gasteiger partial charge on any atom is -0.383 e. The van der Waals surface area contributed by atoms with E-state index < -0.39 is 0 Å². The minimum absolute atomic E-state index is 0.639. The largest absolute Gasteiger partial charge is 0.383 e. The van der Waals surface area contributed by atoms with Gasteiger partial charge in [-0.2, -0.15) is 5.26 Å². The van der Waals surface area contributed by atoms with Gasteiger partial charge in [0.2, 0.25) is 0 Å². The molecule has 0 aliphatic heterocycles. The van der Waals surface area contributed by atoms with Gasteiger partial charge in [-0.05, 0) is 12.8 Å². The molecule has 15 heavy (non-hydrogen) atoms. The lowest BCUT2D eigenvalue weighted by atomic mass is 9.94. The van der Waals surface area contributed by atoms with Gasteiger partial charge in [0, 0.05) is 32.7 Å². The Kier molecular flexibility index (Phi) is 6.38. The average molecular weight is 210 g/mol. The third kappa shape index (κ3) is 4.63. The molecule has 0 bridgehead atoms. The maximum Gasteiger partial charge on any atom is 0.0635 e. The zero-order valence-corrected chi connectivity index (χ0v) is 9.74. The standard InChI is InChI=1S/C12H22N2O/c1-15-11-10-14(9-5-8-13)12-6-3-2-4-7-12/h12H,2-7,9-11H2,1H3. The Labute approximate surface area is 93.0 Å². The third-order valence-electron chi connectivity index (χ3n) is 3.18. The lowest BCUT2D eigenvalue weighted by Crippen LogP contribution is -2.39. The Balaban J connectivity index is 2.34. The SMILES string of the molecule is COCCN(CCC#N)C1CCCCC1. The van der Waals surface area contributed by atoms with E-state index in [1.165, 1.54) is 32.1 Å². The highest BCUT2D eigenvalue weighted by Crippen LogP contribution is 2.22. The Morgan fingerprint density at radius 3 is 2.60 bits per heavy atom. The first-order valence-corrected chi connectivity index (χ1v) is 5.98. The van der Waals surface area contributed by atoms with Gasteiger partial charge in [-0.3, -0.25) is 4.90 Å². The molecular formula is C12H22N2O. The molecule has 1 fully saturated rings. The quantitative estimate of drug-likeness (QED) is 0.674. The summed E-state index contributed by atoms with van der Waals surface area (Å²) in [5, 5.41) is 8.63. The normalized spacial score (nSPS) is 17.9. The van der Waals surface area contributed by atoms with Crippen LogP contribution in [0.25, 0.3) is 0 Å². The molecule has 3 nitrogen and oxygen atoms in total. The molecule has 0 aromatic heterocycles. The van der Waals surface area contributed by atoms with Crippen LogP contribution in [-0.4, -0.2) is 37.7 Å². The van der Waals surface area contributed by atoms with E-state index in [9.17, 15) is 0 Å². The van der Waals surface area contributed by atoms with Crippen LogP contribution in [0.3, 0.4) is 0 Å². The third-order valence-corrected chi connectivity index (χ3v) is 3.18. The molecule has 0 unspecified atom stereocenters. The summed E-state index contributed by atoms with van der Waals surface area (Å²) in [5.74, 6) is 0. The van der Waals surface area contributed by atoms with E-state index in [1.807, 2.05) is 0 Å². The molecule has 1 rings (SSSR count). The number of nitrogens with zero attached hydrogens (tertiary/aromatic N) is 2. The van der Waals surface area contributed by atoms with Gasteiger partial charge >= 0.3 is 0 Å². The van der Waals surface area contributed by atoms with Crippen LogP contribution in [0.15, 0.2) is 0 Å². The van der Waals surface area contributed by atoms with Crippen LogP contribution in [0.2, 0.25) is 0 Å². The smallest absolute Gasteiger partial charge is 0.0635 e. The summed E-state index contributed by atoms with van der Waals surface area (Å²) in [6.45, 7) is 2.66. The van der Waals surface area contributed by atoms with Crippen LogP contribution in [0, 0.1) is 11.3 Å². The van der Waals surface area contributed by atoms with Crippen molar-refractivity contribution in [3.63, 3.8) is 0 Å². The van der Waals surface area contributed by atoms with Crippen molar-refractivity contribution >= 4 is 0 Å². The lowest BCUT2D eigenvalue weighted by molar-refractivity contribution is 0.104. The van der Waals surface area contributed by atoms with Gasteiger partial charge in [-0.25, -0.2) is 0 Å². The van der Waals surface area contributed by atoms with Gasteiger partial charge in [0.15, 0.2) is 0 Å². The zero-order chi connectivity index (χ0) is 10.9. The molecule has 86 valence electrons. The van der Waals surface area contributed by atoms with Crippen molar-refractivity contribution in [2.24, 2.45) is 0 Å². The topological polar surface area (TPSA) is 36.3 Å². The summed E-state index contributed by atoms with van der Waals surface area (Å²) in [5.41, 5.74) is 0. The highest BCUT2D eigenvalue weighted by atomic mass is 16.5. The van der Waals surface area contributed by atoms with E-state index in [0.717, 1.165) is 19.7 Å². The summed E-state index contributed by atoms with van der Waals surface area (Å²) in [6, 6.07) is 2.93. The van der Waals surface area contributed by atoms with E-state index in [1.54, 1.807) is 7.11 Å². The lowest BCUT2D eigenvalue weighted by Gasteiger charge is -2.33. The summed E-state index contributed by atoms with van der Waals surface area (Å²) < 4.78 is 5.12. The molecular weight excluding hydrogens is 188 g/mol. The van der Waals surface area contributed by atoms with Crippen LogP contribution in [-0.2, 0) is 4.74 Å². The predicted molar refractivity (Wildman–Crippen MR) is 60.6 cm³/mol. The molecule has 0 spiro atoms. The fourth-order valence-electron chi connectivity index (χ4n) is 2.33. The second kappa shape index (κ2) is 7.67. The van der Waals surface area contributed by atoms with Crippen molar-refractivity contribution in [3.8, 4) is 6.07 Å². The van der Waals surface area contributed by atoms with Crippen LogP contribution in [0.4, 0.5) is 0 Å². The molecule has 1 aliphatic rings. The molecule has 0 heterocycles. The van der Waals surface area contributed by atoms with Gasteiger partial charge in [0.25, 0.3) is 0 Å². The molecule has 0 N–H and O–H groups in total. The van der Waals surface area contributed by atoms with Gasteiger partial charge in [0.1, 0.15) is 0 Å². The zero-order valence-electron chi connectivity index (χ0n) is 9.74. The number of methoxy groups -OCH3 is 1. The van der Waals surface area contributed by atoms with Gasteiger partial charge < -0.3 is 4.74 Å². The van der Waals surface area contributed by atoms with E-state index in [0.29, 0.717) is 12.5 Å². The van der Waals surface area contributed by atoms with Crippen LogP contribution < -0.4 is 0 Å². The van der Waals surface area contributed by atoms with Crippen molar-refractivity contribution in [2.45, 2.75) is 44.6 Å². The molecule has 0 amide bonds. The first-order chi connectivity index (χ1) is 7.38. The average Bonchev–Trinajstić information content (AvgIpc) is 2.30. The molecule has 0 saturated heterocycles. The Hall–Kier alpha value is -0.590. The minimum atomic E-state index is 0.639. The van der Waals surface area contributed by atoms with E-state index in [4.69, 9.17) is 10.00 Å². The number of nitriles is 1. The molecule has 0 aromatic rings. The van der Waals surface area contributed by atoms with Gasteiger partial charge in [-0.15, -0.1) is 0 Å². The molecule has 1 aliphatic carbocycles. The van der Waals surface area contributed by atoms with Gasteiger partial charge in [0.05, 0.1) is 12.7 Å².